The molecule has 0 N–H and O–H groups in total. The first-order valence-electron chi connectivity index (χ1n) is 6.73. The van der Waals surface area contributed by atoms with Crippen molar-refractivity contribution in [3.05, 3.63) is 0 Å². The van der Waals surface area contributed by atoms with Crippen LogP contribution in [0.15, 0.2) is 0 Å². The first kappa shape index (κ1) is 25.1. The van der Waals surface area contributed by atoms with Crippen LogP contribution in [0.1, 0.15) is 26.7 Å². The lowest BCUT2D eigenvalue weighted by Crippen LogP contribution is -2.56. The van der Waals surface area contributed by atoms with Crippen LogP contribution >= 0.6 is 0 Å². The quantitative estimate of drug-likeness (QED) is 0.456. The molecule has 2 unspecified atom stereocenters. The van der Waals surface area contributed by atoms with Gasteiger partial charge in [-0.1, -0.05) is 6.92 Å². The number of hydrogen-bond donors (Lipinski definition) is 0. The molecule has 158 valence electrons. The third-order valence-corrected chi connectivity index (χ3v) is 3.14. The minimum Gasteiger partial charge on any atom is -0.308 e. The summed E-state index contributed by atoms with van der Waals surface area (Å²) in [5.74, 6) is 0. The Bertz CT molecular complexity index is 456. The maximum atomic E-state index is 14.3. The molecule has 0 fully saturated rings. The third-order valence-electron chi connectivity index (χ3n) is 3.14. The average molecular weight is 418 g/mol. The van der Waals surface area contributed by atoms with Gasteiger partial charge in [0.25, 0.3) is 0 Å². The molecule has 0 aromatic rings. The van der Waals surface area contributed by atoms with Gasteiger partial charge >= 0.3 is 24.6 Å². The van der Waals surface area contributed by atoms with Gasteiger partial charge in [0, 0.05) is 6.42 Å². The fourth-order valence-corrected chi connectivity index (χ4v) is 1.69. The molecule has 0 bridgehead atoms. The predicted molar refractivity (Wildman–Crippen MR) is 62.2 cm³/mol. The molecule has 2 atom stereocenters. The van der Waals surface area contributed by atoms with E-state index >= 15 is 0 Å². The molecule has 0 radical (unpaired) electrons. The van der Waals surface area contributed by atoms with Crippen LogP contribution in [0.25, 0.3) is 0 Å². The Morgan fingerprint density at radius 1 is 0.615 bits per heavy atom. The summed E-state index contributed by atoms with van der Waals surface area (Å²) in [4.78, 5) is 0. The summed E-state index contributed by atoms with van der Waals surface area (Å²) in [6.45, 7) is -5.01. The van der Waals surface area contributed by atoms with Crippen LogP contribution < -0.4 is 0 Å². The summed E-state index contributed by atoms with van der Waals surface area (Å²) in [5, 5.41) is 0. The molecule has 0 aliphatic heterocycles. The number of alkyl halides is 12. The molecular formula is C12H14F12O2. The topological polar surface area (TPSA) is 18.5 Å². The van der Waals surface area contributed by atoms with Gasteiger partial charge in [0.15, 0.2) is 0 Å². The van der Waals surface area contributed by atoms with E-state index in [9.17, 15) is 52.7 Å². The molecule has 0 spiro atoms. The molecule has 0 aliphatic rings. The van der Waals surface area contributed by atoms with Crippen LogP contribution in [0.5, 0.6) is 0 Å². The van der Waals surface area contributed by atoms with Crippen molar-refractivity contribution >= 4 is 0 Å². The summed E-state index contributed by atoms with van der Waals surface area (Å²) >= 11 is 0. The van der Waals surface area contributed by atoms with Gasteiger partial charge in [-0.05, 0) is 13.3 Å². The molecule has 26 heavy (non-hydrogen) atoms. The van der Waals surface area contributed by atoms with E-state index in [0.29, 0.717) is 6.92 Å². The van der Waals surface area contributed by atoms with Crippen molar-refractivity contribution in [1.29, 1.82) is 0 Å². The lowest BCUT2D eigenvalue weighted by molar-refractivity contribution is -0.367. The zero-order chi connectivity index (χ0) is 21.2. The van der Waals surface area contributed by atoms with E-state index in [4.69, 9.17) is 0 Å². The van der Waals surface area contributed by atoms with Gasteiger partial charge < -0.3 is 9.47 Å². The lowest BCUT2D eigenvalue weighted by atomic mass is 9.86. The van der Waals surface area contributed by atoms with Crippen molar-refractivity contribution in [1.82, 2.24) is 0 Å². The molecule has 14 heteroatoms. The van der Waals surface area contributed by atoms with Crippen LogP contribution in [0.3, 0.4) is 0 Å². The van der Waals surface area contributed by atoms with Crippen molar-refractivity contribution in [2.45, 2.75) is 62.6 Å². The largest absolute Gasteiger partial charge is 0.412 e. The Morgan fingerprint density at radius 2 is 0.962 bits per heavy atom. The van der Waals surface area contributed by atoms with E-state index in [0.717, 1.165) is 0 Å². The summed E-state index contributed by atoms with van der Waals surface area (Å²) in [7, 11) is 0. The maximum Gasteiger partial charge on any atom is 0.412 e. The highest BCUT2D eigenvalue weighted by Gasteiger charge is 2.65. The Morgan fingerprint density at radius 3 is 1.27 bits per heavy atom. The molecule has 0 amide bonds. The SMILES string of the molecule is CCC(F)(CC(C)(F)C(F)(F)OCC(F)(F)F)C(F)(F)OCC(F)(F)F. The van der Waals surface area contributed by atoms with E-state index in [1.165, 1.54) is 0 Å². The van der Waals surface area contributed by atoms with Gasteiger partial charge in [-0.25, -0.2) is 8.78 Å². The Hall–Kier alpha value is -0.920. The second-order valence-corrected chi connectivity index (χ2v) is 5.53. The second-order valence-electron chi connectivity index (χ2n) is 5.53. The Labute approximate surface area is 139 Å². The van der Waals surface area contributed by atoms with Crippen LogP contribution in [0.2, 0.25) is 0 Å². The standard InChI is InChI=1S/C12H14F12O2/c1-3-8(14,12(23,24)26-6-10(18,19)20)4-7(2,13)11(21,22)25-5-9(15,16)17/h3-6H2,1-2H3. The molecular weight excluding hydrogens is 404 g/mol. The van der Waals surface area contributed by atoms with Crippen LogP contribution in [0.4, 0.5) is 52.7 Å². The highest BCUT2D eigenvalue weighted by atomic mass is 19.4. The summed E-state index contributed by atoms with van der Waals surface area (Å²) < 4.78 is 160. The van der Waals surface area contributed by atoms with Crippen molar-refractivity contribution in [2.24, 2.45) is 0 Å². The smallest absolute Gasteiger partial charge is 0.308 e. The van der Waals surface area contributed by atoms with E-state index in [2.05, 4.69) is 9.47 Å². The monoisotopic (exact) mass is 418 g/mol. The molecule has 0 aromatic carbocycles. The van der Waals surface area contributed by atoms with Crippen molar-refractivity contribution in [2.75, 3.05) is 13.2 Å². The molecule has 0 heterocycles. The van der Waals surface area contributed by atoms with Gasteiger partial charge in [-0.3, -0.25) is 0 Å². The average Bonchev–Trinajstić information content (AvgIpc) is 2.41. The predicted octanol–water partition coefficient (Wildman–Crippen LogP) is 5.57. The van der Waals surface area contributed by atoms with Gasteiger partial charge in [0.2, 0.25) is 11.3 Å². The fourth-order valence-electron chi connectivity index (χ4n) is 1.69. The lowest BCUT2D eigenvalue weighted by Gasteiger charge is -2.38. The molecule has 0 aromatic heterocycles. The zero-order valence-corrected chi connectivity index (χ0v) is 13.2. The molecule has 0 aliphatic carbocycles. The van der Waals surface area contributed by atoms with Crippen LogP contribution in [-0.4, -0.2) is 49.1 Å². The maximum absolute atomic E-state index is 14.3. The molecule has 0 rings (SSSR count). The first-order valence-corrected chi connectivity index (χ1v) is 6.73. The Kier molecular flexibility index (Phi) is 7.33. The Balaban J connectivity index is 5.41. The second kappa shape index (κ2) is 7.60. The van der Waals surface area contributed by atoms with Gasteiger partial charge in [0.1, 0.15) is 13.2 Å². The third kappa shape index (κ3) is 7.00. The number of hydrogen-bond acceptors (Lipinski definition) is 2. The van der Waals surface area contributed by atoms with E-state index in [1.807, 2.05) is 0 Å². The fraction of sp³-hybridized carbons (Fsp3) is 1.00. The number of ether oxygens (including phenoxy) is 2. The molecule has 0 saturated carbocycles. The zero-order valence-electron chi connectivity index (χ0n) is 13.2. The van der Waals surface area contributed by atoms with E-state index in [1.54, 1.807) is 0 Å². The minimum atomic E-state index is -5.38. The highest BCUT2D eigenvalue weighted by molar-refractivity contribution is 4.97. The van der Waals surface area contributed by atoms with Crippen LogP contribution in [0, 0.1) is 0 Å². The van der Waals surface area contributed by atoms with E-state index in [-0.39, 0.29) is 6.92 Å². The van der Waals surface area contributed by atoms with E-state index < -0.39 is 62.0 Å². The molecule has 2 nitrogen and oxygen atoms in total. The van der Waals surface area contributed by atoms with Crippen molar-refractivity contribution in [3.63, 3.8) is 0 Å². The summed E-state index contributed by atoms with van der Waals surface area (Å²) in [5.41, 5.74) is -8.83. The van der Waals surface area contributed by atoms with Gasteiger partial charge in [-0.15, -0.1) is 0 Å². The summed E-state index contributed by atoms with van der Waals surface area (Å²) in [6, 6.07) is 0. The van der Waals surface area contributed by atoms with Crippen LogP contribution in [-0.2, 0) is 9.47 Å². The van der Waals surface area contributed by atoms with Gasteiger partial charge in [0.05, 0.1) is 0 Å². The van der Waals surface area contributed by atoms with Crippen molar-refractivity contribution < 1.29 is 62.2 Å². The molecule has 0 saturated heterocycles. The van der Waals surface area contributed by atoms with Gasteiger partial charge in [-0.2, -0.15) is 43.9 Å². The highest BCUT2D eigenvalue weighted by Crippen LogP contribution is 2.48. The summed E-state index contributed by atoms with van der Waals surface area (Å²) in [6.07, 6.45) is -25.4. The van der Waals surface area contributed by atoms with Crippen molar-refractivity contribution in [3.8, 4) is 0 Å². The number of rotatable bonds is 9. The minimum absolute atomic E-state index is 0.229. The first-order chi connectivity index (χ1) is 11.2. The normalized spacial score (nSPS) is 19.2. The number of halogens is 12.